The number of amides is 3. The summed E-state index contributed by atoms with van der Waals surface area (Å²) in [4.78, 5) is 66.3. The number of nitrogens with one attached hydrogen (secondary N) is 2. The fourth-order valence-electron chi connectivity index (χ4n) is 5.63. The van der Waals surface area contributed by atoms with E-state index < -0.39 is 35.9 Å². The number of carboxylic acids is 1. The number of primary amides is 1. The summed E-state index contributed by atoms with van der Waals surface area (Å²) < 4.78 is 5.67. The minimum absolute atomic E-state index is 0.0354. The minimum atomic E-state index is -0.931. The van der Waals surface area contributed by atoms with E-state index >= 15 is 0 Å². The molecular formula is C39H61N5O7. The molecule has 0 saturated heterocycles. The summed E-state index contributed by atoms with van der Waals surface area (Å²) in [7, 11) is 3.70. The molecule has 284 valence electrons. The van der Waals surface area contributed by atoms with Crippen molar-refractivity contribution in [3.8, 4) is 0 Å². The van der Waals surface area contributed by atoms with Crippen LogP contribution in [0.1, 0.15) is 120 Å². The number of hydrogen-bond acceptors (Lipinski definition) is 8. The number of carbonyl (C=O) groups is 5. The maximum absolute atomic E-state index is 13.3. The topological polar surface area (TPSA) is 181 Å². The highest BCUT2D eigenvalue weighted by atomic mass is 16.5. The number of nitrogens with zero attached hydrogens (tertiary/aromatic N) is 2. The van der Waals surface area contributed by atoms with E-state index in [1.54, 1.807) is 37.1 Å². The number of carbonyl (C=O) groups excluding carboxylic acids is 4. The number of carboxylic acid groups (broad SMARTS) is 1. The van der Waals surface area contributed by atoms with E-state index in [0.717, 1.165) is 44.2 Å². The first-order chi connectivity index (χ1) is 24.2. The number of esters is 1. The molecule has 1 aromatic carbocycles. The van der Waals surface area contributed by atoms with Crippen LogP contribution in [0, 0.1) is 11.8 Å². The van der Waals surface area contributed by atoms with Gasteiger partial charge in [0.05, 0.1) is 11.6 Å². The van der Waals surface area contributed by atoms with Crippen molar-refractivity contribution in [2.45, 2.75) is 117 Å². The maximum Gasteiger partial charge on any atom is 0.306 e. The molecule has 4 atom stereocenters. The Balaban J connectivity index is 0.00000113. The molecule has 5 N–H and O–H groups in total. The van der Waals surface area contributed by atoms with E-state index in [4.69, 9.17) is 10.5 Å². The average Bonchev–Trinajstić information content (AvgIpc) is 3.08. The first kappa shape index (κ1) is 44.7. The molecule has 1 aromatic heterocycles. The number of aliphatic carboxylic acids is 1. The lowest BCUT2D eigenvalue weighted by molar-refractivity contribution is -0.148. The van der Waals surface area contributed by atoms with Crippen LogP contribution >= 0.6 is 0 Å². The number of pyridine rings is 1. The van der Waals surface area contributed by atoms with Crippen LogP contribution in [0.25, 0.3) is 0 Å². The lowest BCUT2D eigenvalue weighted by Gasteiger charge is -2.34. The van der Waals surface area contributed by atoms with Gasteiger partial charge in [0.15, 0.2) is 0 Å². The Bertz CT molecular complexity index is 1350. The van der Waals surface area contributed by atoms with Gasteiger partial charge in [-0.25, -0.2) is 4.98 Å². The monoisotopic (exact) mass is 711 g/mol. The van der Waals surface area contributed by atoms with Gasteiger partial charge in [-0.05, 0) is 69.3 Å². The largest absolute Gasteiger partial charge is 0.481 e. The summed E-state index contributed by atoms with van der Waals surface area (Å²) in [6.45, 7) is 10.0. The predicted octanol–water partition coefficient (Wildman–Crippen LogP) is 5.45. The summed E-state index contributed by atoms with van der Waals surface area (Å²) >= 11 is 0. The van der Waals surface area contributed by atoms with Gasteiger partial charge in [0.1, 0.15) is 11.8 Å². The second kappa shape index (κ2) is 24.8. The van der Waals surface area contributed by atoms with Gasteiger partial charge < -0.3 is 31.1 Å². The molecule has 3 amide bonds. The van der Waals surface area contributed by atoms with Crippen molar-refractivity contribution in [1.29, 1.82) is 0 Å². The zero-order valence-electron chi connectivity index (χ0n) is 31.7. The Labute approximate surface area is 304 Å². The number of benzene rings is 1. The van der Waals surface area contributed by atoms with Gasteiger partial charge in [0.2, 0.25) is 11.8 Å². The normalized spacial score (nSPS) is 13.2. The smallest absolute Gasteiger partial charge is 0.306 e. The van der Waals surface area contributed by atoms with Crippen LogP contribution in [0.15, 0.2) is 48.5 Å². The van der Waals surface area contributed by atoms with Crippen LogP contribution in [-0.2, 0) is 30.3 Å². The zero-order chi connectivity index (χ0) is 38.3. The van der Waals surface area contributed by atoms with E-state index in [1.165, 1.54) is 6.92 Å². The standard InChI is InChI=1S/C32H45N3O6.C7H16N2O/c1-7-8-17-30(37)35(6)28(21(2)3)20-29(41-23(5)36)26-15-12-16-27(34-26)31(38)33-25(18-22(4)32(39)40)19-24-13-10-9-11-14-24;1-9-6-4-2-3-5-7(8)10/h9-16,21-22,25,28-29H,7-8,17-20H2,1-6H3,(H,33,38)(H,39,40);9H,2-6H2,1H3,(H2,8,10). The van der Waals surface area contributed by atoms with Crippen molar-refractivity contribution in [2.75, 3.05) is 20.6 Å². The molecule has 0 saturated carbocycles. The van der Waals surface area contributed by atoms with Crippen molar-refractivity contribution in [2.24, 2.45) is 17.6 Å². The van der Waals surface area contributed by atoms with Crippen LogP contribution < -0.4 is 16.4 Å². The molecule has 0 aliphatic rings. The molecule has 12 heteroatoms. The highest BCUT2D eigenvalue weighted by molar-refractivity contribution is 5.92. The molecule has 0 spiro atoms. The van der Waals surface area contributed by atoms with Gasteiger partial charge in [0, 0.05) is 45.3 Å². The summed E-state index contributed by atoms with van der Waals surface area (Å²) in [6.07, 6.45) is 6.13. The Morgan fingerprint density at radius 1 is 0.922 bits per heavy atom. The van der Waals surface area contributed by atoms with E-state index in [-0.39, 0.29) is 35.9 Å². The molecule has 0 aliphatic carbocycles. The second-order valence-electron chi connectivity index (χ2n) is 13.4. The van der Waals surface area contributed by atoms with Crippen molar-refractivity contribution >= 4 is 29.7 Å². The number of unbranched alkanes of at least 4 members (excludes halogenated alkanes) is 3. The van der Waals surface area contributed by atoms with Crippen molar-refractivity contribution < 1.29 is 33.8 Å². The third kappa shape index (κ3) is 18.5. The third-order valence-corrected chi connectivity index (χ3v) is 8.57. The average molecular weight is 712 g/mol. The molecule has 0 radical (unpaired) electrons. The van der Waals surface area contributed by atoms with Gasteiger partial charge in [0.25, 0.3) is 5.91 Å². The Morgan fingerprint density at radius 3 is 2.18 bits per heavy atom. The number of rotatable bonds is 22. The van der Waals surface area contributed by atoms with Crippen molar-refractivity contribution in [1.82, 2.24) is 20.5 Å². The zero-order valence-corrected chi connectivity index (χ0v) is 31.7. The second-order valence-corrected chi connectivity index (χ2v) is 13.4. The highest BCUT2D eigenvalue weighted by Crippen LogP contribution is 2.28. The molecule has 2 rings (SSSR count). The molecule has 12 nitrogen and oxygen atoms in total. The first-order valence-corrected chi connectivity index (χ1v) is 18.1. The van der Waals surface area contributed by atoms with Crippen LogP contribution in [0.5, 0.6) is 0 Å². The van der Waals surface area contributed by atoms with E-state index in [0.29, 0.717) is 31.4 Å². The molecular weight excluding hydrogens is 650 g/mol. The molecule has 0 fully saturated rings. The number of ether oxygens (including phenoxy) is 1. The van der Waals surface area contributed by atoms with Crippen LogP contribution in [0.2, 0.25) is 0 Å². The van der Waals surface area contributed by atoms with Crippen LogP contribution in [-0.4, -0.2) is 77.4 Å². The summed E-state index contributed by atoms with van der Waals surface area (Å²) in [6, 6.07) is 13.9. The summed E-state index contributed by atoms with van der Waals surface area (Å²) in [5, 5.41) is 15.5. The highest BCUT2D eigenvalue weighted by Gasteiger charge is 2.30. The molecule has 0 aliphatic heterocycles. The number of hydrogen-bond donors (Lipinski definition) is 4. The number of aromatic nitrogens is 1. The van der Waals surface area contributed by atoms with Crippen LogP contribution in [0.4, 0.5) is 0 Å². The molecule has 0 bridgehead atoms. The Kier molecular flexibility index (Phi) is 21.7. The fourth-order valence-corrected chi connectivity index (χ4v) is 5.63. The van der Waals surface area contributed by atoms with Gasteiger partial charge in [-0.2, -0.15) is 0 Å². The minimum Gasteiger partial charge on any atom is -0.481 e. The summed E-state index contributed by atoms with van der Waals surface area (Å²) in [5.74, 6) is -2.58. The van der Waals surface area contributed by atoms with Gasteiger partial charge in [-0.1, -0.05) is 76.9 Å². The van der Waals surface area contributed by atoms with Gasteiger partial charge in [-0.3, -0.25) is 24.0 Å². The molecule has 1 heterocycles. The number of nitrogens with two attached hydrogens (primary N) is 1. The Hall–Kier alpha value is -4.32. The van der Waals surface area contributed by atoms with E-state index in [2.05, 4.69) is 15.6 Å². The summed E-state index contributed by atoms with van der Waals surface area (Å²) in [5.41, 5.74) is 6.47. The fraction of sp³-hybridized carbons (Fsp3) is 0.590. The maximum atomic E-state index is 13.3. The molecule has 2 aromatic rings. The Morgan fingerprint density at radius 2 is 1.61 bits per heavy atom. The first-order valence-electron chi connectivity index (χ1n) is 18.1. The quantitative estimate of drug-likeness (QED) is 0.0912. The van der Waals surface area contributed by atoms with Gasteiger partial charge in [-0.15, -0.1) is 0 Å². The van der Waals surface area contributed by atoms with Gasteiger partial charge >= 0.3 is 11.9 Å². The molecule has 51 heavy (non-hydrogen) atoms. The van der Waals surface area contributed by atoms with E-state index in [9.17, 15) is 29.1 Å². The molecule has 4 unspecified atom stereocenters. The SMILES string of the molecule is CCCCC(=O)N(C)C(CC(OC(C)=O)c1cccc(C(=O)NC(Cc2ccccc2)CC(C)C(=O)O)n1)C(C)C.CNCCCCCC(N)=O. The van der Waals surface area contributed by atoms with E-state index in [1.807, 2.05) is 58.2 Å². The third-order valence-electron chi connectivity index (χ3n) is 8.57. The van der Waals surface area contributed by atoms with Crippen LogP contribution in [0.3, 0.4) is 0 Å². The van der Waals surface area contributed by atoms with Crippen molar-refractivity contribution in [3.63, 3.8) is 0 Å². The lowest BCUT2D eigenvalue weighted by Crippen LogP contribution is -2.42. The van der Waals surface area contributed by atoms with Crippen molar-refractivity contribution in [3.05, 3.63) is 65.5 Å². The predicted molar refractivity (Wildman–Crippen MR) is 199 cm³/mol. The lowest BCUT2D eigenvalue weighted by atomic mass is 9.94.